The van der Waals surface area contributed by atoms with E-state index in [1.807, 2.05) is 30.3 Å². The Morgan fingerprint density at radius 2 is 1.96 bits per heavy atom. The van der Waals surface area contributed by atoms with Crippen LogP contribution >= 0.6 is 23.4 Å². The van der Waals surface area contributed by atoms with Crippen molar-refractivity contribution in [3.63, 3.8) is 0 Å². The van der Waals surface area contributed by atoms with E-state index < -0.39 is 0 Å². The Balaban J connectivity index is 1.74. The van der Waals surface area contributed by atoms with Crippen molar-refractivity contribution in [3.05, 3.63) is 99.3 Å². The van der Waals surface area contributed by atoms with Gasteiger partial charge >= 0.3 is 0 Å². The minimum absolute atomic E-state index is 0.109. The zero-order chi connectivity index (χ0) is 19.5. The minimum Gasteiger partial charge on any atom is -0.283 e. The predicted octanol–water partition coefficient (Wildman–Crippen LogP) is 4.92. The van der Waals surface area contributed by atoms with Gasteiger partial charge in [-0.15, -0.1) is 0 Å². The zero-order valence-corrected chi connectivity index (χ0v) is 16.3. The summed E-state index contributed by atoms with van der Waals surface area (Å²) in [5.74, 6) is 0.0905. The molecule has 0 bridgehead atoms. The lowest BCUT2D eigenvalue weighted by molar-refractivity contribution is 0.627. The molecule has 0 unspecified atom stereocenters. The van der Waals surface area contributed by atoms with Crippen molar-refractivity contribution >= 4 is 34.3 Å². The van der Waals surface area contributed by atoms with Crippen LogP contribution in [0.3, 0.4) is 0 Å². The summed E-state index contributed by atoms with van der Waals surface area (Å²) >= 11 is 7.53. The number of aromatic nitrogens is 3. The van der Waals surface area contributed by atoms with Crippen LogP contribution in [0.4, 0.5) is 4.39 Å². The summed E-state index contributed by atoms with van der Waals surface area (Å²) in [5.41, 5.74) is 2.22. The fourth-order valence-corrected chi connectivity index (χ4v) is 4.17. The number of halogens is 2. The Labute approximate surface area is 170 Å². The van der Waals surface area contributed by atoms with Crippen molar-refractivity contribution in [3.8, 4) is 0 Å². The molecule has 4 nitrogen and oxygen atoms in total. The second kappa shape index (κ2) is 8.12. The second-order valence-corrected chi connectivity index (χ2v) is 7.54. The molecule has 0 atom stereocenters. The second-order valence-electron chi connectivity index (χ2n) is 6.19. The molecule has 0 radical (unpaired) electrons. The Morgan fingerprint density at radius 1 is 1.11 bits per heavy atom. The van der Waals surface area contributed by atoms with E-state index in [0.29, 0.717) is 33.4 Å². The summed E-state index contributed by atoms with van der Waals surface area (Å²) in [6.07, 6.45) is 3.42. The molecule has 0 aliphatic carbocycles. The van der Waals surface area contributed by atoms with E-state index >= 15 is 0 Å². The molecular formula is C21H15ClFN3OS. The maximum absolute atomic E-state index is 13.3. The van der Waals surface area contributed by atoms with Crippen molar-refractivity contribution in [1.82, 2.24) is 14.5 Å². The zero-order valence-electron chi connectivity index (χ0n) is 14.7. The highest BCUT2D eigenvalue weighted by Gasteiger charge is 2.13. The first kappa shape index (κ1) is 18.7. The van der Waals surface area contributed by atoms with Crippen LogP contribution in [0.25, 0.3) is 10.9 Å². The normalized spacial score (nSPS) is 11.1. The van der Waals surface area contributed by atoms with Crippen LogP contribution in [0, 0.1) is 5.82 Å². The number of hydrogen-bond donors (Lipinski definition) is 0. The molecule has 4 aromatic rings. The van der Waals surface area contributed by atoms with Crippen molar-refractivity contribution in [2.24, 2.45) is 0 Å². The van der Waals surface area contributed by atoms with Crippen LogP contribution in [-0.4, -0.2) is 14.5 Å². The van der Waals surface area contributed by atoms with Gasteiger partial charge in [0.05, 0.1) is 17.4 Å². The molecule has 28 heavy (non-hydrogen) atoms. The van der Waals surface area contributed by atoms with Crippen molar-refractivity contribution < 1.29 is 4.39 Å². The number of pyridine rings is 1. The van der Waals surface area contributed by atoms with Crippen LogP contribution in [-0.2, 0) is 12.3 Å². The highest BCUT2D eigenvalue weighted by Crippen LogP contribution is 2.27. The molecule has 4 rings (SSSR count). The molecule has 0 spiro atoms. The Hall–Kier alpha value is -2.70. The fraction of sp³-hybridized carbons (Fsp3) is 0.0952. The third kappa shape index (κ3) is 3.93. The van der Waals surface area contributed by atoms with Gasteiger partial charge in [-0.25, -0.2) is 9.37 Å². The van der Waals surface area contributed by atoms with Gasteiger partial charge in [0.2, 0.25) is 0 Å². The summed E-state index contributed by atoms with van der Waals surface area (Å²) in [6, 6.07) is 15.3. The van der Waals surface area contributed by atoms with Crippen molar-refractivity contribution in [1.29, 1.82) is 0 Å². The van der Waals surface area contributed by atoms with E-state index in [0.717, 1.165) is 11.1 Å². The van der Waals surface area contributed by atoms with Crippen LogP contribution in [0.1, 0.15) is 11.1 Å². The Bertz CT molecular complexity index is 1200. The van der Waals surface area contributed by atoms with E-state index in [2.05, 4.69) is 9.97 Å². The van der Waals surface area contributed by atoms with Crippen LogP contribution < -0.4 is 5.56 Å². The largest absolute Gasteiger partial charge is 0.283 e. The van der Waals surface area contributed by atoms with Crippen LogP contribution in [0.15, 0.2) is 76.9 Å². The van der Waals surface area contributed by atoms with E-state index in [9.17, 15) is 9.18 Å². The first-order valence-corrected chi connectivity index (χ1v) is 9.93. The van der Waals surface area contributed by atoms with Gasteiger partial charge in [0.15, 0.2) is 5.16 Å². The average molecular weight is 412 g/mol. The summed E-state index contributed by atoms with van der Waals surface area (Å²) in [4.78, 5) is 21.9. The SMILES string of the molecule is O=c1c2ccccc2nc(SCc2ccc(F)cc2Cl)n1Cc1cccnc1. The Kier molecular flexibility index (Phi) is 5.41. The lowest BCUT2D eigenvalue weighted by Crippen LogP contribution is -2.24. The molecule has 140 valence electrons. The van der Waals surface area contributed by atoms with Crippen LogP contribution in [0.5, 0.6) is 0 Å². The number of fused-ring (bicyclic) bond motifs is 1. The predicted molar refractivity (Wildman–Crippen MR) is 110 cm³/mol. The standard InChI is InChI=1S/C21H15ClFN3OS/c22-18-10-16(23)8-7-15(18)13-28-21-25-19-6-2-1-5-17(19)20(27)26(21)12-14-4-3-9-24-11-14/h1-11H,12-13H2. The summed E-state index contributed by atoms with van der Waals surface area (Å²) < 4.78 is 14.9. The Morgan fingerprint density at radius 3 is 2.75 bits per heavy atom. The number of hydrogen-bond acceptors (Lipinski definition) is 4. The van der Waals surface area contributed by atoms with Gasteiger partial charge in [0, 0.05) is 23.2 Å². The highest BCUT2D eigenvalue weighted by atomic mass is 35.5. The first-order chi connectivity index (χ1) is 13.6. The molecular weight excluding hydrogens is 397 g/mol. The third-order valence-corrected chi connectivity index (χ3v) is 5.64. The summed E-state index contributed by atoms with van der Waals surface area (Å²) in [7, 11) is 0. The van der Waals surface area contributed by atoms with Gasteiger partial charge in [-0.2, -0.15) is 0 Å². The monoisotopic (exact) mass is 411 g/mol. The molecule has 7 heteroatoms. The highest BCUT2D eigenvalue weighted by molar-refractivity contribution is 7.98. The van der Waals surface area contributed by atoms with Gasteiger partial charge in [-0.1, -0.05) is 47.6 Å². The molecule has 2 aromatic heterocycles. The maximum Gasteiger partial charge on any atom is 0.262 e. The number of thioether (sulfide) groups is 1. The average Bonchev–Trinajstić information content (AvgIpc) is 2.71. The van der Waals surface area contributed by atoms with E-state index in [4.69, 9.17) is 11.6 Å². The van der Waals surface area contributed by atoms with Gasteiger partial charge in [0.1, 0.15) is 5.82 Å². The fourth-order valence-electron chi connectivity index (χ4n) is 2.85. The lowest BCUT2D eigenvalue weighted by atomic mass is 10.2. The number of para-hydroxylation sites is 1. The smallest absolute Gasteiger partial charge is 0.262 e. The molecule has 0 fully saturated rings. The molecule has 0 saturated heterocycles. The van der Waals surface area contributed by atoms with Gasteiger partial charge in [0.25, 0.3) is 5.56 Å². The van der Waals surface area contributed by atoms with Crippen LogP contribution in [0.2, 0.25) is 5.02 Å². The molecule has 0 aliphatic heterocycles. The first-order valence-electron chi connectivity index (χ1n) is 8.57. The van der Waals surface area contributed by atoms with E-state index in [1.54, 1.807) is 29.1 Å². The minimum atomic E-state index is -0.379. The van der Waals surface area contributed by atoms with Gasteiger partial charge in [-0.3, -0.25) is 14.3 Å². The van der Waals surface area contributed by atoms with E-state index in [-0.39, 0.29) is 11.4 Å². The number of nitrogens with zero attached hydrogens (tertiary/aromatic N) is 3. The molecule has 0 saturated carbocycles. The van der Waals surface area contributed by atoms with Gasteiger partial charge in [-0.05, 0) is 41.5 Å². The van der Waals surface area contributed by atoms with Crippen molar-refractivity contribution in [2.75, 3.05) is 0 Å². The molecule has 2 heterocycles. The molecule has 2 aromatic carbocycles. The van der Waals surface area contributed by atoms with Gasteiger partial charge < -0.3 is 0 Å². The topological polar surface area (TPSA) is 47.8 Å². The maximum atomic E-state index is 13.3. The van der Waals surface area contributed by atoms with E-state index in [1.165, 1.54) is 23.9 Å². The van der Waals surface area contributed by atoms with Crippen molar-refractivity contribution in [2.45, 2.75) is 17.5 Å². The molecule has 0 amide bonds. The molecule has 0 aliphatic rings. The quantitative estimate of drug-likeness (QED) is 0.345. The summed E-state index contributed by atoms with van der Waals surface area (Å²) in [6.45, 7) is 0.365. The lowest BCUT2D eigenvalue weighted by Gasteiger charge is -2.13. The number of rotatable bonds is 5. The summed E-state index contributed by atoms with van der Waals surface area (Å²) in [5, 5.41) is 1.50. The molecule has 0 N–H and O–H groups in total. The third-order valence-electron chi connectivity index (χ3n) is 4.26. The number of benzene rings is 2.